The SMILES string of the molecule is CCC1(S(=O)(=O)c2ccncc2)CCOc2c(F)ccc(F)c21. The summed E-state index contributed by atoms with van der Waals surface area (Å²) in [4.78, 5) is 3.84. The molecule has 23 heavy (non-hydrogen) atoms. The monoisotopic (exact) mass is 339 g/mol. The first kappa shape index (κ1) is 15.9. The predicted octanol–water partition coefficient (Wildman–Crippen LogP) is 3.22. The molecule has 1 unspecified atom stereocenters. The highest BCUT2D eigenvalue weighted by Gasteiger charge is 2.50. The fraction of sp³-hybridized carbons (Fsp3) is 0.312. The molecule has 0 aliphatic carbocycles. The Bertz CT molecular complexity index is 840. The van der Waals surface area contributed by atoms with Gasteiger partial charge < -0.3 is 4.74 Å². The molecule has 4 nitrogen and oxygen atoms in total. The quantitative estimate of drug-likeness (QED) is 0.861. The van der Waals surface area contributed by atoms with E-state index < -0.39 is 26.2 Å². The molecule has 0 saturated heterocycles. The normalized spacial score (nSPS) is 20.7. The number of halogens is 2. The Balaban J connectivity index is 2.32. The molecule has 1 aliphatic heterocycles. The van der Waals surface area contributed by atoms with E-state index in [2.05, 4.69) is 4.98 Å². The van der Waals surface area contributed by atoms with Crippen molar-refractivity contribution < 1.29 is 21.9 Å². The molecule has 122 valence electrons. The maximum Gasteiger partial charge on any atom is 0.188 e. The van der Waals surface area contributed by atoms with Gasteiger partial charge in [0.15, 0.2) is 21.4 Å². The smallest absolute Gasteiger partial charge is 0.188 e. The lowest BCUT2D eigenvalue weighted by atomic mass is 9.89. The summed E-state index contributed by atoms with van der Waals surface area (Å²) >= 11 is 0. The molecule has 1 aliphatic rings. The van der Waals surface area contributed by atoms with Crippen molar-refractivity contribution in [2.75, 3.05) is 6.61 Å². The van der Waals surface area contributed by atoms with Crippen molar-refractivity contribution in [2.24, 2.45) is 0 Å². The van der Waals surface area contributed by atoms with E-state index in [4.69, 9.17) is 4.74 Å². The Morgan fingerprint density at radius 3 is 2.48 bits per heavy atom. The molecule has 0 radical (unpaired) electrons. The third kappa shape index (κ3) is 2.22. The second-order valence-electron chi connectivity index (χ2n) is 5.37. The van der Waals surface area contributed by atoms with Crippen LogP contribution >= 0.6 is 0 Å². The fourth-order valence-corrected chi connectivity index (χ4v) is 5.22. The van der Waals surface area contributed by atoms with E-state index in [0.717, 1.165) is 12.1 Å². The lowest BCUT2D eigenvalue weighted by Crippen LogP contribution is -2.41. The number of benzene rings is 1. The molecular formula is C16H15F2NO3S. The van der Waals surface area contributed by atoms with Gasteiger partial charge >= 0.3 is 0 Å². The van der Waals surface area contributed by atoms with Crippen molar-refractivity contribution in [1.82, 2.24) is 4.98 Å². The van der Waals surface area contributed by atoms with E-state index in [1.807, 2.05) is 0 Å². The Morgan fingerprint density at radius 2 is 1.83 bits per heavy atom. The molecule has 0 bridgehead atoms. The van der Waals surface area contributed by atoms with Crippen LogP contribution in [0.5, 0.6) is 5.75 Å². The molecule has 1 aromatic heterocycles. The average Bonchev–Trinajstić information content (AvgIpc) is 2.58. The molecule has 0 spiro atoms. The third-order valence-corrected chi connectivity index (χ3v) is 6.93. The largest absolute Gasteiger partial charge is 0.490 e. The number of fused-ring (bicyclic) bond motifs is 1. The van der Waals surface area contributed by atoms with E-state index in [9.17, 15) is 17.2 Å². The van der Waals surface area contributed by atoms with Crippen LogP contribution in [0.2, 0.25) is 0 Å². The number of pyridine rings is 1. The first-order valence-electron chi connectivity index (χ1n) is 7.20. The van der Waals surface area contributed by atoms with Crippen molar-refractivity contribution in [1.29, 1.82) is 0 Å². The van der Waals surface area contributed by atoms with Gasteiger partial charge in [-0.25, -0.2) is 17.2 Å². The van der Waals surface area contributed by atoms with Crippen LogP contribution < -0.4 is 4.74 Å². The number of aromatic nitrogens is 1. The molecule has 0 amide bonds. The average molecular weight is 339 g/mol. The van der Waals surface area contributed by atoms with Gasteiger partial charge in [-0.05, 0) is 30.7 Å². The zero-order valence-corrected chi connectivity index (χ0v) is 13.2. The summed E-state index contributed by atoms with van der Waals surface area (Å²) in [7, 11) is -3.95. The number of sulfone groups is 1. The number of hydrogen-bond donors (Lipinski definition) is 0. The molecule has 2 aromatic rings. The molecule has 0 saturated carbocycles. The Kier molecular flexibility index (Phi) is 3.83. The highest BCUT2D eigenvalue weighted by molar-refractivity contribution is 7.92. The summed E-state index contributed by atoms with van der Waals surface area (Å²) in [6.45, 7) is 1.66. The maximum absolute atomic E-state index is 14.5. The van der Waals surface area contributed by atoms with E-state index in [1.165, 1.54) is 24.5 Å². The highest BCUT2D eigenvalue weighted by atomic mass is 32.2. The van der Waals surface area contributed by atoms with E-state index >= 15 is 0 Å². The Morgan fingerprint density at radius 1 is 1.17 bits per heavy atom. The Hall–Kier alpha value is -2.02. The predicted molar refractivity (Wildman–Crippen MR) is 79.9 cm³/mol. The summed E-state index contributed by atoms with van der Waals surface area (Å²) in [6, 6.07) is 4.60. The van der Waals surface area contributed by atoms with Crippen LogP contribution in [0, 0.1) is 11.6 Å². The van der Waals surface area contributed by atoms with Crippen molar-refractivity contribution in [2.45, 2.75) is 29.4 Å². The molecule has 1 atom stereocenters. The van der Waals surface area contributed by atoms with Gasteiger partial charge in [0, 0.05) is 18.8 Å². The summed E-state index contributed by atoms with van der Waals surface area (Å²) in [5.74, 6) is -1.85. The van der Waals surface area contributed by atoms with Crippen molar-refractivity contribution in [3.05, 3.63) is 53.9 Å². The summed E-state index contributed by atoms with van der Waals surface area (Å²) in [5, 5.41) is 0. The first-order chi connectivity index (χ1) is 10.9. The zero-order valence-electron chi connectivity index (χ0n) is 12.4. The van der Waals surface area contributed by atoms with Gasteiger partial charge in [-0.15, -0.1) is 0 Å². The van der Waals surface area contributed by atoms with Crippen LogP contribution in [0.3, 0.4) is 0 Å². The van der Waals surface area contributed by atoms with Gasteiger partial charge in [0.05, 0.1) is 17.1 Å². The fourth-order valence-electron chi connectivity index (χ4n) is 3.10. The molecule has 0 N–H and O–H groups in total. The van der Waals surface area contributed by atoms with Crippen LogP contribution in [-0.4, -0.2) is 20.0 Å². The third-order valence-electron chi connectivity index (χ3n) is 4.31. The van der Waals surface area contributed by atoms with E-state index in [1.54, 1.807) is 6.92 Å². The zero-order chi connectivity index (χ0) is 16.7. The van der Waals surface area contributed by atoms with Crippen LogP contribution in [0.1, 0.15) is 25.3 Å². The van der Waals surface area contributed by atoms with Crippen LogP contribution in [0.15, 0.2) is 41.6 Å². The van der Waals surface area contributed by atoms with Crippen LogP contribution in [0.25, 0.3) is 0 Å². The molecule has 7 heteroatoms. The standard InChI is InChI=1S/C16H15F2NO3S/c1-2-16(23(20,21)11-5-8-19-9-6-11)7-10-22-15-13(18)4-3-12(17)14(15)16/h3-6,8-9H,2,7,10H2,1H3. The Labute approximate surface area is 133 Å². The topological polar surface area (TPSA) is 56.3 Å². The first-order valence-corrected chi connectivity index (χ1v) is 8.68. The molecule has 1 aromatic carbocycles. The molecule has 3 rings (SSSR count). The van der Waals surface area contributed by atoms with Crippen molar-refractivity contribution in [3.8, 4) is 5.75 Å². The van der Waals surface area contributed by atoms with Crippen molar-refractivity contribution >= 4 is 9.84 Å². The van der Waals surface area contributed by atoms with Gasteiger partial charge in [0.2, 0.25) is 0 Å². The minimum absolute atomic E-state index is 0.00548. The second-order valence-corrected chi connectivity index (χ2v) is 7.63. The lowest BCUT2D eigenvalue weighted by molar-refractivity contribution is 0.230. The number of ether oxygens (including phenoxy) is 1. The second kappa shape index (κ2) is 5.56. The van der Waals surface area contributed by atoms with Crippen molar-refractivity contribution in [3.63, 3.8) is 0 Å². The molecule has 0 fully saturated rings. The summed E-state index contributed by atoms with van der Waals surface area (Å²) < 4.78 is 58.5. The molecular weight excluding hydrogens is 324 g/mol. The van der Waals surface area contributed by atoms with Gasteiger partial charge in [-0.1, -0.05) is 6.92 Å². The van der Waals surface area contributed by atoms with Gasteiger partial charge in [-0.2, -0.15) is 0 Å². The van der Waals surface area contributed by atoms with Gasteiger partial charge in [0.25, 0.3) is 0 Å². The minimum Gasteiger partial charge on any atom is -0.490 e. The minimum atomic E-state index is -3.95. The van der Waals surface area contributed by atoms with E-state index in [-0.39, 0.29) is 35.7 Å². The number of hydrogen-bond acceptors (Lipinski definition) is 4. The highest BCUT2D eigenvalue weighted by Crippen LogP contribution is 2.49. The lowest BCUT2D eigenvalue weighted by Gasteiger charge is -2.37. The van der Waals surface area contributed by atoms with Crippen LogP contribution in [0.4, 0.5) is 8.78 Å². The van der Waals surface area contributed by atoms with Gasteiger partial charge in [-0.3, -0.25) is 4.98 Å². The maximum atomic E-state index is 14.5. The summed E-state index contributed by atoms with van der Waals surface area (Å²) in [6.07, 6.45) is 2.88. The molecule has 2 heterocycles. The number of nitrogens with zero attached hydrogens (tertiary/aromatic N) is 1. The van der Waals surface area contributed by atoms with Crippen LogP contribution in [-0.2, 0) is 14.6 Å². The van der Waals surface area contributed by atoms with Gasteiger partial charge in [0.1, 0.15) is 10.6 Å². The van der Waals surface area contributed by atoms with E-state index in [0.29, 0.717) is 0 Å². The number of rotatable bonds is 3. The summed E-state index contributed by atoms with van der Waals surface area (Å²) in [5.41, 5.74) is -0.219.